The van der Waals surface area contributed by atoms with Crippen molar-refractivity contribution in [3.63, 3.8) is 0 Å². The standard InChI is InChI=1S/C18H23N5O/c24-18(20-15-10-9-13-6-3-4-7-14(13)15)19-12-17-22-21-16-8-2-1-5-11-23(16)17/h3-4,6-7,15H,1-2,5,8-12H2,(H2,19,20,24)/t15-/m1/s1. The van der Waals surface area contributed by atoms with Crippen LogP contribution in [0.25, 0.3) is 0 Å². The first-order valence-corrected chi connectivity index (χ1v) is 8.84. The van der Waals surface area contributed by atoms with Gasteiger partial charge in [-0.3, -0.25) is 0 Å². The summed E-state index contributed by atoms with van der Waals surface area (Å²) < 4.78 is 2.16. The molecule has 1 aromatic carbocycles. The topological polar surface area (TPSA) is 71.8 Å². The van der Waals surface area contributed by atoms with E-state index in [4.69, 9.17) is 0 Å². The van der Waals surface area contributed by atoms with Crippen LogP contribution in [0.1, 0.15) is 54.5 Å². The lowest BCUT2D eigenvalue weighted by Crippen LogP contribution is -2.37. The van der Waals surface area contributed by atoms with Crippen LogP contribution in [0.2, 0.25) is 0 Å². The lowest BCUT2D eigenvalue weighted by Gasteiger charge is -2.15. The summed E-state index contributed by atoms with van der Waals surface area (Å²) in [7, 11) is 0. The van der Waals surface area contributed by atoms with Crippen molar-refractivity contribution in [2.45, 2.75) is 57.7 Å². The van der Waals surface area contributed by atoms with E-state index in [9.17, 15) is 4.79 Å². The van der Waals surface area contributed by atoms with Crippen LogP contribution in [0.3, 0.4) is 0 Å². The number of aromatic nitrogens is 3. The number of fused-ring (bicyclic) bond motifs is 2. The molecule has 126 valence electrons. The highest BCUT2D eigenvalue weighted by atomic mass is 16.2. The first-order chi connectivity index (χ1) is 11.8. The molecule has 1 aromatic heterocycles. The van der Waals surface area contributed by atoms with Crippen LogP contribution in [0.5, 0.6) is 0 Å². The van der Waals surface area contributed by atoms with Gasteiger partial charge in [-0.2, -0.15) is 0 Å². The van der Waals surface area contributed by atoms with Crippen molar-refractivity contribution < 1.29 is 4.79 Å². The number of carbonyl (C=O) groups excluding carboxylic acids is 1. The second-order valence-electron chi connectivity index (χ2n) is 6.61. The van der Waals surface area contributed by atoms with Gasteiger partial charge in [-0.15, -0.1) is 10.2 Å². The number of aryl methyl sites for hydroxylation is 2. The molecule has 24 heavy (non-hydrogen) atoms. The monoisotopic (exact) mass is 325 g/mol. The van der Waals surface area contributed by atoms with E-state index in [1.54, 1.807) is 0 Å². The van der Waals surface area contributed by atoms with Crippen LogP contribution in [0.4, 0.5) is 4.79 Å². The maximum Gasteiger partial charge on any atom is 0.315 e. The van der Waals surface area contributed by atoms with E-state index in [2.05, 4.69) is 43.6 Å². The second kappa shape index (κ2) is 6.63. The van der Waals surface area contributed by atoms with Gasteiger partial charge in [0.15, 0.2) is 5.82 Å². The molecule has 2 heterocycles. The minimum absolute atomic E-state index is 0.108. The van der Waals surface area contributed by atoms with Gasteiger partial charge in [0.2, 0.25) is 0 Å². The summed E-state index contributed by atoms with van der Waals surface area (Å²) in [6.07, 6.45) is 6.54. The minimum atomic E-state index is -0.136. The zero-order valence-corrected chi connectivity index (χ0v) is 13.8. The van der Waals surface area contributed by atoms with Crippen molar-refractivity contribution in [3.8, 4) is 0 Å². The maximum atomic E-state index is 12.3. The summed E-state index contributed by atoms with van der Waals surface area (Å²) in [6, 6.07) is 8.30. The molecule has 0 saturated carbocycles. The van der Waals surface area contributed by atoms with Gasteiger partial charge in [0.25, 0.3) is 0 Å². The van der Waals surface area contributed by atoms with Crippen LogP contribution in [0, 0.1) is 0 Å². The zero-order chi connectivity index (χ0) is 16.4. The third kappa shape index (κ3) is 3.00. The molecule has 0 bridgehead atoms. The number of benzene rings is 1. The first kappa shape index (κ1) is 15.2. The summed E-state index contributed by atoms with van der Waals surface area (Å²) in [5.41, 5.74) is 2.58. The predicted octanol–water partition coefficient (Wildman–Crippen LogP) is 2.49. The largest absolute Gasteiger partial charge is 0.331 e. The van der Waals surface area contributed by atoms with Gasteiger partial charge in [-0.25, -0.2) is 4.79 Å². The highest BCUT2D eigenvalue weighted by Crippen LogP contribution is 2.30. The molecule has 6 heteroatoms. The van der Waals surface area contributed by atoms with Crippen molar-refractivity contribution >= 4 is 6.03 Å². The third-order valence-electron chi connectivity index (χ3n) is 5.03. The third-order valence-corrected chi connectivity index (χ3v) is 5.03. The molecule has 0 saturated heterocycles. The Bertz CT molecular complexity index is 739. The van der Waals surface area contributed by atoms with Gasteiger partial charge in [0.1, 0.15) is 5.82 Å². The summed E-state index contributed by atoms with van der Waals surface area (Å²) in [5.74, 6) is 1.91. The van der Waals surface area contributed by atoms with E-state index in [-0.39, 0.29) is 12.1 Å². The Morgan fingerprint density at radius 2 is 2.08 bits per heavy atom. The summed E-state index contributed by atoms with van der Waals surface area (Å²) >= 11 is 0. The Hall–Kier alpha value is -2.37. The molecule has 2 amide bonds. The van der Waals surface area contributed by atoms with E-state index in [0.29, 0.717) is 6.54 Å². The minimum Gasteiger partial charge on any atom is -0.331 e. The smallest absolute Gasteiger partial charge is 0.315 e. The lowest BCUT2D eigenvalue weighted by molar-refractivity contribution is 0.236. The lowest BCUT2D eigenvalue weighted by atomic mass is 10.1. The number of rotatable bonds is 3. The second-order valence-corrected chi connectivity index (χ2v) is 6.61. The molecule has 0 spiro atoms. The quantitative estimate of drug-likeness (QED) is 0.911. The van der Waals surface area contributed by atoms with Gasteiger partial charge >= 0.3 is 6.03 Å². The molecule has 2 aliphatic rings. The van der Waals surface area contributed by atoms with Crippen LogP contribution in [-0.4, -0.2) is 20.8 Å². The molecule has 1 aliphatic heterocycles. The number of hydrogen-bond acceptors (Lipinski definition) is 3. The van der Waals surface area contributed by atoms with E-state index in [1.165, 1.54) is 24.0 Å². The Labute approximate surface area is 141 Å². The number of urea groups is 1. The number of hydrogen-bond donors (Lipinski definition) is 2. The molecule has 2 N–H and O–H groups in total. The highest BCUT2D eigenvalue weighted by molar-refractivity contribution is 5.74. The highest BCUT2D eigenvalue weighted by Gasteiger charge is 2.23. The molecule has 4 rings (SSSR count). The zero-order valence-electron chi connectivity index (χ0n) is 13.8. The van der Waals surface area contributed by atoms with E-state index >= 15 is 0 Å². The van der Waals surface area contributed by atoms with E-state index in [1.807, 2.05) is 6.07 Å². The number of carbonyl (C=O) groups is 1. The molecule has 6 nitrogen and oxygen atoms in total. The Balaban J connectivity index is 1.35. The SMILES string of the molecule is O=C(NCc1nnc2n1CCCCC2)N[C@@H]1CCc2ccccc21. The molecule has 1 atom stereocenters. The molecule has 2 aromatic rings. The molecule has 0 unspecified atom stereocenters. The fourth-order valence-corrected chi connectivity index (χ4v) is 3.75. The fourth-order valence-electron chi connectivity index (χ4n) is 3.75. The average molecular weight is 325 g/mol. The van der Waals surface area contributed by atoms with Crippen molar-refractivity contribution in [1.29, 1.82) is 0 Å². The average Bonchev–Trinajstić information content (AvgIpc) is 3.10. The normalized spacial score (nSPS) is 19.2. The predicted molar refractivity (Wildman–Crippen MR) is 90.5 cm³/mol. The summed E-state index contributed by atoms with van der Waals surface area (Å²) in [6.45, 7) is 1.38. The van der Waals surface area contributed by atoms with Crippen molar-refractivity contribution in [3.05, 3.63) is 47.0 Å². The van der Waals surface area contributed by atoms with E-state index in [0.717, 1.165) is 43.9 Å². The van der Waals surface area contributed by atoms with Crippen LogP contribution in [-0.2, 0) is 25.9 Å². The number of amides is 2. The van der Waals surface area contributed by atoms with E-state index < -0.39 is 0 Å². The molecule has 1 aliphatic carbocycles. The first-order valence-electron chi connectivity index (χ1n) is 8.84. The molecular weight excluding hydrogens is 302 g/mol. The Kier molecular flexibility index (Phi) is 4.19. The summed E-state index contributed by atoms with van der Waals surface area (Å²) in [4.78, 5) is 12.3. The van der Waals surface area contributed by atoms with Crippen molar-refractivity contribution in [1.82, 2.24) is 25.4 Å². The fraction of sp³-hybridized carbons (Fsp3) is 0.500. The van der Waals surface area contributed by atoms with Crippen molar-refractivity contribution in [2.75, 3.05) is 0 Å². The number of nitrogens with zero attached hydrogens (tertiary/aromatic N) is 3. The van der Waals surface area contributed by atoms with Crippen LogP contribution in [0.15, 0.2) is 24.3 Å². The summed E-state index contributed by atoms with van der Waals surface area (Å²) in [5, 5.41) is 14.5. The Morgan fingerprint density at radius 3 is 3.04 bits per heavy atom. The van der Waals surface area contributed by atoms with Crippen LogP contribution >= 0.6 is 0 Å². The molecule has 0 radical (unpaired) electrons. The van der Waals surface area contributed by atoms with Gasteiger partial charge in [-0.1, -0.05) is 30.7 Å². The van der Waals surface area contributed by atoms with Gasteiger partial charge in [0.05, 0.1) is 12.6 Å². The van der Waals surface area contributed by atoms with Gasteiger partial charge in [-0.05, 0) is 36.8 Å². The molecular formula is C18H23N5O. The Morgan fingerprint density at radius 1 is 1.17 bits per heavy atom. The molecule has 0 fully saturated rings. The maximum absolute atomic E-state index is 12.3. The number of nitrogens with one attached hydrogen (secondary N) is 2. The van der Waals surface area contributed by atoms with Gasteiger partial charge in [0, 0.05) is 13.0 Å². The van der Waals surface area contributed by atoms with Gasteiger partial charge < -0.3 is 15.2 Å². The van der Waals surface area contributed by atoms with Crippen LogP contribution < -0.4 is 10.6 Å². The van der Waals surface area contributed by atoms with Crippen molar-refractivity contribution in [2.24, 2.45) is 0 Å².